The Morgan fingerprint density at radius 1 is 0.867 bits per heavy atom. The van der Waals surface area contributed by atoms with Crippen LogP contribution >= 0.6 is 0 Å². The lowest BCUT2D eigenvalue weighted by Crippen LogP contribution is -2.32. The van der Waals surface area contributed by atoms with E-state index in [0.717, 1.165) is 23.2 Å². The minimum absolute atomic E-state index is 0.0150. The lowest BCUT2D eigenvalue weighted by molar-refractivity contribution is -0.121. The molecular weight excluding hydrogens is 374 g/mol. The van der Waals surface area contributed by atoms with E-state index in [9.17, 15) is 9.59 Å². The van der Waals surface area contributed by atoms with Gasteiger partial charge in [0.1, 0.15) is 0 Å². The number of fused-ring (bicyclic) bond motifs is 1. The van der Waals surface area contributed by atoms with Crippen LogP contribution in [-0.4, -0.2) is 24.4 Å². The predicted molar refractivity (Wildman–Crippen MR) is 122 cm³/mol. The van der Waals surface area contributed by atoms with E-state index in [1.807, 2.05) is 45.0 Å². The fraction of sp³-hybridized carbons (Fsp3) is 0.440. The average molecular weight is 408 g/mol. The zero-order chi connectivity index (χ0) is 21.5. The van der Waals surface area contributed by atoms with Crippen molar-refractivity contribution < 1.29 is 9.59 Å². The average Bonchev–Trinajstić information content (AvgIpc) is 2.72. The Balaban J connectivity index is 1.46. The van der Waals surface area contributed by atoms with Crippen LogP contribution < -0.4 is 16.0 Å². The summed E-state index contributed by atoms with van der Waals surface area (Å²) >= 11 is 0. The maximum Gasteiger partial charge on any atom is 0.239 e. The molecule has 0 saturated heterocycles. The van der Waals surface area contributed by atoms with Crippen LogP contribution in [0.1, 0.15) is 61.9 Å². The molecule has 3 N–H and O–H groups in total. The molecule has 0 bridgehead atoms. The van der Waals surface area contributed by atoms with Gasteiger partial charge in [0.05, 0.1) is 19.0 Å². The molecule has 2 aromatic rings. The lowest BCUT2D eigenvalue weighted by Gasteiger charge is -2.20. The molecule has 0 radical (unpaired) electrons. The van der Waals surface area contributed by atoms with Crippen LogP contribution in [0.5, 0.6) is 0 Å². The third kappa shape index (κ3) is 6.34. The quantitative estimate of drug-likeness (QED) is 0.621. The first kappa shape index (κ1) is 21.9. The topological polar surface area (TPSA) is 70.2 Å². The first-order valence-electron chi connectivity index (χ1n) is 10.9. The van der Waals surface area contributed by atoms with E-state index in [2.05, 4.69) is 34.1 Å². The Kier molecular flexibility index (Phi) is 7.50. The van der Waals surface area contributed by atoms with E-state index >= 15 is 0 Å². The Hall–Kier alpha value is -2.82. The summed E-state index contributed by atoms with van der Waals surface area (Å²) in [6, 6.07) is 14.3. The first-order chi connectivity index (χ1) is 14.4. The number of carbonyl (C=O) groups is 2. The van der Waals surface area contributed by atoms with Gasteiger partial charge >= 0.3 is 0 Å². The number of carbonyl (C=O) groups excluding carboxylic acids is 2. The third-order valence-corrected chi connectivity index (χ3v) is 5.47. The van der Waals surface area contributed by atoms with Gasteiger partial charge in [-0.25, -0.2) is 0 Å². The second-order valence-corrected chi connectivity index (χ2v) is 8.47. The number of hydrogen-bond acceptors (Lipinski definition) is 3. The summed E-state index contributed by atoms with van der Waals surface area (Å²) in [5, 5.41) is 9.11. The van der Waals surface area contributed by atoms with E-state index in [0.29, 0.717) is 6.42 Å². The summed E-state index contributed by atoms with van der Waals surface area (Å²) in [6.07, 6.45) is 5.19. The van der Waals surface area contributed by atoms with Crippen molar-refractivity contribution in [1.29, 1.82) is 0 Å². The van der Waals surface area contributed by atoms with Crippen molar-refractivity contribution in [1.82, 2.24) is 10.6 Å². The molecule has 5 nitrogen and oxygen atoms in total. The van der Waals surface area contributed by atoms with Crippen molar-refractivity contribution in [2.24, 2.45) is 0 Å². The maximum atomic E-state index is 12.4. The molecule has 2 amide bonds. The zero-order valence-electron chi connectivity index (χ0n) is 18.3. The van der Waals surface area contributed by atoms with Crippen molar-refractivity contribution >= 4 is 17.5 Å². The molecule has 0 fully saturated rings. The van der Waals surface area contributed by atoms with Crippen LogP contribution in [0.25, 0.3) is 0 Å². The number of amides is 2. The summed E-state index contributed by atoms with van der Waals surface area (Å²) < 4.78 is 0. The minimum atomic E-state index is -0.0411. The molecule has 3 rings (SSSR count). The van der Waals surface area contributed by atoms with E-state index in [4.69, 9.17) is 0 Å². The van der Waals surface area contributed by atoms with Gasteiger partial charge in [-0.3, -0.25) is 9.59 Å². The van der Waals surface area contributed by atoms with Gasteiger partial charge in [0.15, 0.2) is 0 Å². The number of rotatable bonds is 8. The van der Waals surface area contributed by atoms with Crippen molar-refractivity contribution in [2.45, 2.75) is 65.0 Å². The van der Waals surface area contributed by atoms with Gasteiger partial charge in [-0.15, -0.1) is 0 Å². The van der Waals surface area contributed by atoms with Crippen LogP contribution in [0.4, 0.5) is 5.69 Å². The van der Waals surface area contributed by atoms with Crippen LogP contribution in [-0.2, 0) is 28.9 Å². The highest BCUT2D eigenvalue weighted by Crippen LogP contribution is 2.24. The molecule has 0 saturated carbocycles. The molecule has 1 atom stereocenters. The van der Waals surface area contributed by atoms with E-state index in [-0.39, 0.29) is 30.4 Å². The molecule has 5 heteroatoms. The van der Waals surface area contributed by atoms with Crippen molar-refractivity contribution in [3.63, 3.8) is 0 Å². The fourth-order valence-electron chi connectivity index (χ4n) is 3.88. The summed E-state index contributed by atoms with van der Waals surface area (Å²) in [7, 11) is 0. The molecule has 0 aliphatic heterocycles. The number of anilines is 1. The highest BCUT2D eigenvalue weighted by molar-refractivity contribution is 5.81. The van der Waals surface area contributed by atoms with E-state index < -0.39 is 0 Å². The van der Waals surface area contributed by atoms with Crippen molar-refractivity contribution in [3.8, 4) is 0 Å². The summed E-state index contributed by atoms with van der Waals surface area (Å²) in [4.78, 5) is 24.2. The van der Waals surface area contributed by atoms with Gasteiger partial charge in [-0.2, -0.15) is 0 Å². The van der Waals surface area contributed by atoms with E-state index in [1.165, 1.54) is 30.4 Å². The predicted octanol–water partition coefficient (Wildman–Crippen LogP) is 3.92. The molecule has 160 valence electrons. The van der Waals surface area contributed by atoms with E-state index in [1.54, 1.807) is 0 Å². The van der Waals surface area contributed by atoms with Gasteiger partial charge in [0.2, 0.25) is 11.8 Å². The van der Waals surface area contributed by atoms with Crippen molar-refractivity contribution in [2.75, 3.05) is 11.9 Å². The number of nitrogens with one attached hydrogen (secondary N) is 3. The van der Waals surface area contributed by atoms with Crippen molar-refractivity contribution in [3.05, 3.63) is 64.7 Å². The molecule has 1 unspecified atom stereocenters. The number of hydrogen-bond donors (Lipinski definition) is 3. The summed E-state index contributed by atoms with van der Waals surface area (Å²) in [5.41, 5.74) is 5.85. The highest BCUT2D eigenvalue weighted by atomic mass is 16.2. The second kappa shape index (κ2) is 10.3. The molecule has 0 aromatic heterocycles. The lowest BCUT2D eigenvalue weighted by atomic mass is 9.89. The SMILES string of the molecule is CC(C)NC(=O)Cc1ccc(NCC(=O)NC(C)c2ccc3c(c2)CCCC3)cc1. The molecule has 1 aliphatic rings. The van der Waals surface area contributed by atoms with Gasteiger partial charge in [-0.1, -0.05) is 30.3 Å². The van der Waals surface area contributed by atoms with Gasteiger partial charge in [-0.05, 0) is 80.8 Å². The Morgan fingerprint density at radius 2 is 1.57 bits per heavy atom. The molecule has 1 aliphatic carbocycles. The molecule has 2 aromatic carbocycles. The molecule has 0 spiro atoms. The van der Waals surface area contributed by atoms with Crippen LogP contribution in [0, 0.1) is 0 Å². The Bertz CT molecular complexity index is 874. The van der Waals surface area contributed by atoms with Crippen LogP contribution in [0.15, 0.2) is 42.5 Å². The Labute approximate surface area is 179 Å². The third-order valence-electron chi connectivity index (χ3n) is 5.47. The molecular formula is C25H33N3O2. The number of benzene rings is 2. The second-order valence-electron chi connectivity index (χ2n) is 8.47. The smallest absolute Gasteiger partial charge is 0.239 e. The van der Waals surface area contributed by atoms with Gasteiger partial charge in [0.25, 0.3) is 0 Å². The van der Waals surface area contributed by atoms with Gasteiger partial charge in [0, 0.05) is 11.7 Å². The first-order valence-corrected chi connectivity index (χ1v) is 10.9. The standard InChI is InChI=1S/C25H33N3O2/c1-17(2)27-24(29)14-19-8-12-23(13-9-19)26-16-25(30)28-18(3)21-11-10-20-6-4-5-7-22(20)15-21/h8-13,15,17-18,26H,4-7,14,16H2,1-3H3,(H,27,29)(H,28,30). The fourth-order valence-corrected chi connectivity index (χ4v) is 3.88. The van der Waals surface area contributed by atoms with Crippen LogP contribution in [0.2, 0.25) is 0 Å². The highest BCUT2D eigenvalue weighted by Gasteiger charge is 2.14. The largest absolute Gasteiger partial charge is 0.376 e. The maximum absolute atomic E-state index is 12.4. The summed E-state index contributed by atoms with van der Waals surface area (Å²) in [6.45, 7) is 6.13. The Morgan fingerprint density at radius 3 is 2.27 bits per heavy atom. The van der Waals surface area contributed by atoms with Gasteiger partial charge < -0.3 is 16.0 Å². The number of aryl methyl sites for hydroxylation is 2. The monoisotopic (exact) mass is 407 g/mol. The minimum Gasteiger partial charge on any atom is -0.376 e. The normalized spacial score (nSPS) is 14.0. The summed E-state index contributed by atoms with van der Waals surface area (Å²) in [5.74, 6) is -0.0261. The molecule has 30 heavy (non-hydrogen) atoms. The zero-order valence-corrected chi connectivity index (χ0v) is 18.3. The van der Waals surface area contributed by atoms with Crippen LogP contribution in [0.3, 0.4) is 0 Å². The molecule has 0 heterocycles.